The topological polar surface area (TPSA) is 59.9 Å². The lowest BCUT2D eigenvalue weighted by atomic mass is 10.1. The zero-order valence-electron chi connectivity index (χ0n) is 12.8. The van der Waals surface area contributed by atoms with Crippen molar-refractivity contribution in [1.29, 1.82) is 0 Å². The molecule has 3 rings (SSSR count). The van der Waals surface area contributed by atoms with E-state index in [1.807, 2.05) is 18.2 Å². The van der Waals surface area contributed by atoms with Crippen molar-refractivity contribution in [2.75, 3.05) is 13.2 Å². The van der Waals surface area contributed by atoms with Crippen molar-refractivity contribution < 1.29 is 14.3 Å². The van der Waals surface area contributed by atoms with Crippen LogP contribution in [0.3, 0.4) is 0 Å². The first kappa shape index (κ1) is 16.6. The Hall–Kier alpha value is -2.24. The zero-order valence-corrected chi connectivity index (χ0v) is 14.3. The Labute approximate surface area is 149 Å². The number of hydrazone groups is 1. The highest BCUT2D eigenvalue weighted by atomic mass is 35.5. The van der Waals surface area contributed by atoms with E-state index < -0.39 is 5.91 Å². The molecule has 0 radical (unpaired) electrons. The molecule has 0 fully saturated rings. The number of hydrogen-bond acceptors (Lipinski definition) is 4. The highest BCUT2D eigenvalue weighted by molar-refractivity contribution is 6.36. The molecule has 1 aliphatic rings. The van der Waals surface area contributed by atoms with Gasteiger partial charge in [-0.05, 0) is 43.3 Å². The molecule has 1 N–H and O–H groups in total. The second kappa shape index (κ2) is 7.11. The van der Waals surface area contributed by atoms with Crippen molar-refractivity contribution in [2.45, 2.75) is 6.92 Å². The monoisotopic (exact) mass is 364 g/mol. The van der Waals surface area contributed by atoms with Gasteiger partial charge in [0.25, 0.3) is 5.91 Å². The van der Waals surface area contributed by atoms with E-state index in [2.05, 4.69) is 10.5 Å². The minimum Gasteiger partial charge on any atom is -0.486 e. The maximum absolute atomic E-state index is 12.2. The molecule has 2 aromatic carbocycles. The second-order valence-corrected chi connectivity index (χ2v) is 5.96. The van der Waals surface area contributed by atoms with E-state index in [9.17, 15) is 4.79 Å². The summed E-state index contributed by atoms with van der Waals surface area (Å²) in [5.74, 6) is 0.962. The van der Waals surface area contributed by atoms with Gasteiger partial charge < -0.3 is 9.47 Å². The molecule has 7 heteroatoms. The molecule has 0 bridgehead atoms. The van der Waals surface area contributed by atoms with E-state index in [0.717, 1.165) is 5.56 Å². The van der Waals surface area contributed by atoms with Gasteiger partial charge in [0.1, 0.15) is 13.2 Å². The average molecular weight is 365 g/mol. The number of fused-ring (bicyclic) bond motifs is 1. The smallest absolute Gasteiger partial charge is 0.272 e. The van der Waals surface area contributed by atoms with Gasteiger partial charge in [-0.15, -0.1) is 0 Å². The number of nitrogens with one attached hydrogen (secondary N) is 1. The van der Waals surface area contributed by atoms with Crippen LogP contribution in [-0.2, 0) is 0 Å². The van der Waals surface area contributed by atoms with Crippen molar-refractivity contribution in [2.24, 2.45) is 5.10 Å². The first-order valence-electron chi connectivity index (χ1n) is 7.24. The third-order valence-corrected chi connectivity index (χ3v) is 4.01. The maximum atomic E-state index is 12.2. The Bertz CT molecular complexity index is 821. The SMILES string of the molecule is C/C(=N/NC(=O)c1ccc(Cl)cc1Cl)c1ccc2c(c1)OCCO2. The molecular weight excluding hydrogens is 351 g/mol. The van der Waals surface area contributed by atoms with E-state index in [-0.39, 0.29) is 5.02 Å². The summed E-state index contributed by atoms with van der Waals surface area (Å²) < 4.78 is 11.0. The van der Waals surface area contributed by atoms with Crippen LogP contribution in [0, 0.1) is 0 Å². The first-order chi connectivity index (χ1) is 11.5. The van der Waals surface area contributed by atoms with E-state index in [1.54, 1.807) is 19.1 Å². The van der Waals surface area contributed by atoms with Crippen molar-refractivity contribution in [1.82, 2.24) is 5.43 Å². The fourth-order valence-electron chi connectivity index (χ4n) is 2.20. The highest BCUT2D eigenvalue weighted by Crippen LogP contribution is 2.30. The average Bonchev–Trinajstić information content (AvgIpc) is 2.59. The number of rotatable bonds is 3. The van der Waals surface area contributed by atoms with Gasteiger partial charge in [0.2, 0.25) is 0 Å². The first-order valence-corrected chi connectivity index (χ1v) is 8.00. The fraction of sp³-hybridized carbons (Fsp3) is 0.176. The summed E-state index contributed by atoms with van der Waals surface area (Å²) >= 11 is 11.8. The lowest BCUT2D eigenvalue weighted by molar-refractivity contribution is 0.0955. The van der Waals surface area contributed by atoms with Crippen LogP contribution in [0.5, 0.6) is 11.5 Å². The normalized spacial score (nSPS) is 13.5. The van der Waals surface area contributed by atoms with Crippen molar-refractivity contribution in [3.8, 4) is 11.5 Å². The van der Waals surface area contributed by atoms with Gasteiger partial charge in [0.15, 0.2) is 11.5 Å². The molecule has 124 valence electrons. The quantitative estimate of drug-likeness (QED) is 0.663. The van der Waals surface area contributed by atoms with Crippen LogP contribution in [0.2, 0.25) is 10.0 Å². The molecular formula is C17H14Cl2N2O3. The summed E-state index contributed by atoms with van der Waals surface area (Å²) in [5, 5.41) is 4.85. The molecule has 1 heterocycles. The molecule has 0 saturated heterocycles. The lowest BCUT2D eigenvalue weighted by Crippen LogP contribution is -2.20. The summed E-state index contributed by atoms with van der Waals surface area (Å²) in [5.41, 5.74) is 4.24. The number of carbonyl (C=O) groups excluding carboxylic acids is 1. The number of carbonyl (C=O) groups is 1. The number of nitrogens with zero attached hydrogens (tertiary/aromatic N) is 1. The second-order valence-electron chi connectivity index (χ2n) is 5.12. The van der Waals surface area contributed by atoms with Crippen LogP contribution in [0.1, 0.15) is 22.8 Å². The Morgan fingerprint density at radius 2 is 1.83 bits per heavy atom. The number of benzene rings is 2. The van der Waals surface area contributed by atoms with E-state index in [4.69, 9.17) is 32.7 Å². The molecule has 0 aliphatic carbocycles. The van der Waals surface area contributed by atoms with Crippen LogP contribution >= 0.6 is 23.2 Å². The van der Waals surface area contributed by atoms with E-state index in [0.29, 0.717) is 41.0 Å². The summed E-state index contributed by atoms with van der Waals surface area (Å²) in [6, 6.07) is 10.2. The number of amides is 1. The van der Waals surface area contributed by atoms with Crippen LogP contribution in [0.25, 0.3) is 0 Å². The largest absolute Gasteiger partial charge is 0.486 e. The molecule has 1 amide bonds. The minimum atomic E-state index is -0.409. The van der Waals surface area contributed by atoms with Crippen molar-refractivity contribution in [3.63, 3.8) is 0 Å². The van der Waals surface area contributed by atoms with Crippen molar-refractivity contribution in [3.05, 3.63) is 57.6 Å². The zero-order chi connectivity index (χ0) is 17.1. The van der Waals surface area contributed by atoms with Gasteiger partial charge in [0, 0.05) is 10.6 Å². The molecule has 5 nitrogen and oxygen atoms in total. The van der Waals surface area contributed by atoms with E-state index in [1.165, 1.54) is 6.07 Å². The molecule has 0 unspecified atom stereocenters. The van der Waals surface area contributed by atoms with Gasteiger partial charge in [-0.25, -0.2) is 5.43 Å². The van der Waals surface area contributed by atoms with Gasteiger partial charge >= 0.3 is 0 Å². The molecule has 2 aromatic rings. The minimum absolute atomic E-state index is 0.271. The molecule has 1 aliphatic heterocycles. The number of halogens is 2. The third kappa shape index (κ3) is 3.63. The molecule has 0 atom stereocenters. The van der Waals surface area contributed by atoms with Gasteiger partial charge in [-0.3, -0.25) is 4.79 Å². The Morgan fingerprint density at radius 3 is 2.58 bits per heavy atom. The van der Waals surface area contributed by atoms with Crippen LogP contribution in [-0.4, -0.2) is 24.8 Å². The standard InChI is InChI=1S/C17H14Cl2N2O3/c1-10(11-2-5-15-16(8-11)24-7-6-23-15)20-21-17(22)13-4-3-12(18)9-14(13)19/h2-5,8-9H,6-7H2,1H3,(H,21,22)/b20-10-. The summed E-state index contributed by atoms with van der Waals surface area (Å²) in [7, 11) is 0. The molecule has 0 aromatic heterocycles. The summed E-state index contributed by atoms with van der Waals surface area (Å²) in [6.45, 7) is 2.84. The number of ether oxygens (including phenoxy) is 2. The summed E-state index contributed by atoms with van der Waals surface area (Å²) in [6.07, 6.45) is 0. The summed E-state index contributed by atoms with van der Waals surface area (Å²) in [4.78, 5) is 12.2. The lowest BCUT2D eigenvalue weighted by Gasteiger charge is -2.18. The highest BCUT2D eigenvalue weighted by Gasteiger charge is 2.13. The Kier molecular flexibility index (Phi) is 4.92. The predicted molar refractivity (Wildman–Crippen MR) is 93.6 cm³/mol. The molecule has 0 saturated carbocycles. The maximum Gasteiger partial charge on any atom is 0.272 e. The van der Waals surface area contributed by atoms with Gasteiger partial charge in [-0.1, -0.05) is 23.2 Å². The number of hydrogen-bond donors (Lipinski definition) is 1. The van der Waals surface area contributed by atoms with Gasteiger partial charge in [-0.2, -0.15) is 5.10 Å². The molecule has 24 heavy (non-hydrogen) atoms. The van der Waals surface area contributed by atoms with Gasteiger partial charge in [0.05, 0.1) is 16.3 Å². The van der Waals surface area contributed by atoms with Crippen molar-refractivity contribution >= 4 is 34.8 Å². The predicted octanol–water partition coefficient (Wildman–Crippen LogP) is 3.92. The van der Waals surface area contributed by atoms with Crippen LogP contribution in [0.15, 0.2) is 41.5 Å². The van der Waals surface area contributed by atoms with E-state index >= 15 is 0 Å². The third-order valence-electron chi connectivity index (χ3n) is 3.46. The van der Waals surface area contributed by atoms with Crippen LogP contribution < -0.4 is 14.9 Å². The Balaban J connectivity index is 1.75. The Morgan fingerprint density at radius 1 is 1.08 bits per heavy atom. The van der Waals surface area contributed by atoms with Crippen LogP contribution in [0.4, 0.5) is 0 Å². The molecule has 0 spiro atoms. The fourth-order valence-corrected chi connectivity index (χ4v) is 2.70.